The van der Waals surface area contributed by atoms with Crippen LogP contribution in [0.4, 0.5) is 5.69 Å². The lowest BCUT2D eigenvalue weighted by molar-refractivity contribution is 0.0345. The number of hydrogen-bond acceptors (Lipinski definition) is 4. The molecule has 5 nitrogen and oxygen atoms in total. The number of carboxylic acids is 1. The molecule has 1 aliphatic rings. The van der Waals surface area contributed by atoms with Crippen molar-refractivity contribution >= 4 is 23.3 Å². The van der Waals surface area contributed by atoms with Gasteiger partial charge in [-0.25, -0.2) is 4.79 Å². The summed E-state index contributed by atoms with van der Waals surface area (Å²) in [6.45, 7) is 7.27. The molecule has 0 aromatic heterocycles. The number of piperazine rings is 1. The van der Waals surface area contributed by atoms with E-state index in [2.05, 4.69) is 9.80 Å². The highest BCUT2D eigenvalue weighted by molar-refractivity contribution is 6.31. The highest BCUT2D eigenvalue weighted by atomic mass is 35.5. The number of carbonyl (C=O) groups is 1. The number of carboxylic acid groups (broad SMARTS) is 1. The van der Waals surface area contributed by atoms with Crippen LogP contribution in [-0.4, -0.2) is 59.4 Å². The molecule has 0 unspecified atom stereocenters. The molecular weight excluding hydrogens is 292 g/mol. The zero-order chi connectivity index (χ0) is 15.6. The molecule has 0 amide bonds. The average molecular weight is 313 g/mol. The Bertz CT molecular complexity index is 520. The first-order valence-corrected chi connectivity index (χ1v) is 7.36. The van der Waals surface area contributed by atoms with Gasteiger partial charge in [-0.3, -0.25) is 4.90 Å². The Morgan fingerprint density at radius 3 is 2.43 bits per heavy atom. The van der Waals surface area contributed by atoms with Gasteiger partial charge in [-0.15, -0.1) is 0 Å². The van der Waals surface area contributed by atoms with Crippen LogP contribution in [0.3, 0.4) is 0 Å². The Morgan fingerprint density at radius 1 is 1.29 bits per heavy atom. The molecule has 1 fully saturated rings. The van der Waals surface area contributed by atoms with E-state index in [1.54, 1.807) is 26.0 Å². The second kappa shape index (κ2) is 6.22. The predicted molar refractivity (Wildman–Crippen MR) is 83.4 cm³/mol. The monoisotopic (exact) mass is 312 g/mol. The molecule has 0 aliphatic carbocycles. The number of anilines is 1. The molecule has 1 aliphatic heterocycles. The largest absolute Gasteiger partial charge is 0.478 e. The highest BCUT2D eigenvalue weighted by Crippen LogP contribution is 2.25. The molecular formula is C15H21ClN2O3. The number of β-amino-alcohol motifs (C(OH)–C–C–N with tert-alkyl or cyclic N) is 1. The van der Waals surface area contributed by atoms with E-state index in [9.17, 15) is 15.0 Å². The SMILES string of the molecule is CC(C)(O)CN1CCN(c2ccc(Cl)cc2C(=O)O)CC1. The van der Waals surface area contributed by atoms with Crippen molar-refractivity contribution in [1.82, 2.24) is 4.90 Å². The molecule has 116 valence electrons. The first-order valence-electron chi connectivity index (χ1n) is 6.99. The van der Waals surface area contributed by atoms with E-state index in [1.807, 2.05) is 0 Å². The fraction of sp³-hybridized carbons (Fsp3) is 0.533. The van der Waals surface area contributed by atoms with Gasteiger partial charge < -0.3 is 15.1 Å². The summed E-state index contributed by atoms with van der Waals surface area (Å²) in [6.07, 6.45) is 0. The summed E-state index contributed by atoms with van der Waals surface area (Å²) in [5.41, 5.74) is 0.225. The van der Waals surface area contributed by atoms with Crippen LogP contribution >= 0.6 is 11.6 Å². The van der Waals surface area contributed by atoms with Gasteiger partial charge in [-0.2, -0.15) is 0 Å². The van der Waals surface area contributed by atoms with Crippen LogP contribution in [0.25, 0.3) is 0 Å². The maximum Gasteiger partial charge on any atom is 0.337 e. The van der Waals surface area contributed by atoms with Gasteiger partial charge in [-0.1, -0.05) is 11.6 Å². The third kappa shape index (κ3) is 4.33. The second-order valence-electron chi connectivity index (χ2n) is 6.04. The average Bonchev–Trinajstić information content (AvgIpc) is 2.38. The number of halogens is 1. The van der Waals surface area contributed by atoms with Crippen molar-refractivity contribution in [1.29, 1.82) is 0 Å². The summed E-state index contributed by atoms with van der Waals surface area (Å²) in [6, 6.07) is 4.96. The summed E-state index contributed by atoms with van der Waals surface area (Å²) in [4.78, 5) is 15.6. The Balaban J connectivity index is 2.07. The first-order chi connectivity index (χ1) is 9.76. The lowest BCUT2D eigenvalue weighted by atomic mass is 10.1. The molecule has 1 aromatic carbocycles. The molecule has 0 bridgehead atoms. The molecule has 0 atom stereocenters. The van der Waals surface area contributed by atoms with E-state index in [1.165, 1.54) is 6.07 Å². The molecule has 2 N–H and O–H groups in total. The molecule has 6 heteroatoms. The van der Waals surface area contributed by atoms with Crippen molar-refractivity contribution in [3.63, 3.8) is 0 Å². The van der Waals surface area contributed by atoms with Gasteiger partial charge in [0.15, 0.2) is 0 Å². The van der Waals surface area contributed by atoms with Gasteiger partial charge in [-0.05, 0) is 32.0 Å². The van der Waals surface area contributed by atoms with Crippen LogP contribution < -0.4 is 4.90 Å². The van der Waals surface area contributed by atoms with Crippen molar-refractivity contribution in [2.75, 3.05) is 37.6 Å². The molecule has 0 saturated carbocycles. The van der Waals surface area contributed by atoms with Crippen LogP contribution in [0.1, 0.15) is 24.2 Å². The van der Waals surface area contributed by atoms with Crippen LogP contribution in [0.5, 0.6) is 0 Å². The Hall–Kier alpha value is -1.30. The smallest absolute Gasteiger partial charge is 0.337 e. The van der Waals surface area contributed by atoms with E-state index in [-0.39, 0.29) is 5.56 Å². The van der Waals surface area contributed by atoms with Gasteiger partial charge in [0, 0.05) is 37.7 Å². The van der Waals surface area contributed by atoms with E-state index in [0.717, 1.165) is 26.2 Å². The number of aliphatic hydroxyl groups is 1. The number of aromatic carboxylic acids is 1. The number of rotatable bonds is 4. The van der Waals surface area contributed by atoms with Crippen molar-refractivity contribution in [2.24, 2.45) is 0 Å². The van der Waals surface area contributed by atoms with Gasteiger partial charge in [0.05, 0.1) is 16.9 Å². The van der Waals surface area contributed by atoms with Crippen LogP contribution in [0.15, 0.2) is 18.2 Å². The van der Waals surface area contributed by atoms with Gasteiger partial charge in [0.2, 0.25) is 0 Å². The molecule has 2 rings (SSSR count). The van der Waals surface area contributed by atoms with Crippen molar-refractivity contribution in [2.45, 2.75) is 19.4 Å². The lowest BCUT2D eigenvalue weighted by Gasteiger charge is -2.38. The van der Waals surface area contributed by atoms with E-state index >= 15 is 0 Å². The minimum Gasteiger partial charge on any atom is -0.478 e. The molecule has 0 spiro atoms. The summed E-state index contributed by atoms with van der Waals surface area (Å²) < 4.78 is 0. The zero-order valence-corrected chi connectivity index (χ0v) is 13.1. The fourth-order valence-electron chi connectivity index (χ4n) is 2.65. The summed E-state index contributed by atoms with van der Waals surface area (Å²) >= 11 is 5.88. The number of benzene rings is 1. The van der Waals surface area contributed by atoms with Gasteiger partial charge >= 0.3 is 5.97 Å². The Morgan fingerprint density at radius 2 is 1.90 bits per heavy atom. The van der Waals surface area contributed by atoms with Crippen molar-refractivity contribution < 1.29 is 15.0 Å². The molecule has 0 radical (unpaired) electrons. The Labute approximate surface area is 129 Å². The molecule has 1 heterocycles. The number of hydrogen-bond donors (Lipinski definition) is 2. The second-order valence-corrected chi connectivity index (χ2v) is 6.48. The normalized spacial score (nSPS) is 17.0. The first kappa shape index (κ1) is 16.1. The number of nitrogens with zero attached hydrogens (tertiary/aromatic N) is 2. The summed E-state index contributed by atoms with van der Waals surface area (Å²) in [7, 11) is 0. The van der Waals surface area contributed by atoms with E-state index in [4.69, 9.17) is 11.6 Å². The van der Waals surface area contributed by atoms with Crippen molar-refractivity contribution in [3.05, 3.63) is 28.8 Å². The zero-order valence-electron chi connectivity index (χ0n) is 12.3. The predicted octanol–water partition coefficient (Wildman–Crippen LogP) is 1.93. The minimum absolute atomic E-state index is 0.235. The van der Waals surface area contributed by atoms with Gasteiger partial charge in [0.1, 0.15) is 0 Å². The summed E-state index contributed by atoms with van der Waals surface area (Å²) in [5.74, 6) is -0.966. The molecule has 21 heavy (non-hydrogen) atoms. The minimum atomic E-state index is -0.966. The third-order valence-electron chi connectivity index (χ3n) is 3.51. The fourth-order valence-corrected chi connectivity index (χ4v) is 2.82. The topological polar surface area (TPSA) is 64.0 Å². The maximum atomic E-state index is 11.3. The Kier molecular flexibility index (Phi) is 4.76. The highest BCUT2D eigenvalue weighted by Gasteiger charge is 2.24. The molecule has 1 saturated heterocycles. The van der Waals surface area contributed by atoms with E-state index < -0.39 is 11.6 Å². The van der Waals surface area contributed by atoms with Crippen LogP contribution in [0, 0.1) is 0 Å². The summed E-state index contributed by atoms with van der Waals surface area (Å²) in [5, 5.41) is 19.6. The van der Waals surface area contributed by atoms with E-state index in [0.29, 0.717) is 17.3 Å². The van der Waals surface area contributed by atoms with Crippen LogP contribution in [-0.2, 0) is 0 Å². The standard InChI is InChI=1S/C15H21ClN2O3/c1-15(2,21)10-17-5-7-18(8-6-17)13-4-3-11(16)9-12(13)14(19)20/h3-4,9,21H,5-8,10H2,1-2H3,(H,19,20). The quantitative estimate of drug-likeness (QED) is 0.889. The van der Waals surface area contributed by atoms with Gasteiger partial charge in [0.25, 0.3) is 0 Å². The molecule has 1 aromatic rings. The maximum absolute atomic E-state index is 11.3. The third-order valence-corrected chi connectivity index (χ3v) is 3.75. The lowest BCUT2D eigenvalue weighted by Crippen LogP contribution is -2.50. The van der Waals surface area contributed by atoms with Crippen molar-refractivity contribution in [3.8, 4) is 0 Å². The van der Waals surface area contributed by atoms with Crippen LogP contribution in [0.2, 0.25) is 5.02 Å².